The zero-order valence-electron chi connectivity index (χ0n) is 20.2. The van der Waals surface area contributed by atoms with E-state index in [4.69, 9.17) is 9.84 Å². The van der Waals surface area contributed by atoms with E-state index in [1.54, 1.807) is 6.07 Å². The highest BCUT2D eigenvalue weighted by Crippen LogP contribution is 2.37. The van der Waals surface area contributed by atoms with Crippen molar-refractivity contribution in [1.29, 1.82) is 0 Å². The second-order valence-electron chi connectivity index (χ2n) is 8.50. The van der Waals surface area contributed by atoms with Gasteiger partial charge in [-0.1, -0.05) is 25.5 Å². The summed E-state index contributed by atoms with van der Waals surface area (Å²) in [6.07, 6.45) is -3.23. The van der Waals surface area contributed by atoms with Crippen molar-refractivity contribution < 1.29 is 32.6 Å². The molecule has 1 heterocycles. The maximum absolute atomic E-state index is 12.9. The van der Waals surface area contributed by atoms with E-state index in [1.165, 1.54) is 23.5 Å². The quantitative estimate of drug-likeness (QED) is 0.298. The number of carbonyl (C=O) groups is 2. The number of halogens is 3. The van der Waals surface area contributed by atoms with E-state index in [-0.39, 0.29) is 25.0 Å². The number of hydrogen-bond donors (Lipinski definition) is 2. The Hall–Kier alpha value is -3.33. The van der Waals surface area contributed by atoms with Crippen LogP contribution < -0.4 is 10.1 Å². The van der Waals surface area contributed by atoms with Gasteiger partial charge in [-0.15, -0.1) is 11.3 Å². The fourth-order valence-corrected chi connectivity index (χ4v) is 4.97. The number of aryl methyl sites for hydroxylation is 2. The van der Waals surface area contributed by atoms with Crippen molar-refractivity contribution in [2.24, 2.45) is 0 Å². The van der Waals surface area contributed by atoms with E-state index < -0.39 is 17.7 Å². The molecule has 1 amide bonds. The van der Waals surface area contributed by atoms with Crippen LogP contribution in [-0.2, 0) is 11.0 Å². The third-order valence-electron chi connectivity index (χ3n) is 5.63. The molecular weight excluding hydrogens is 491 g/mol. The second kappa shape index (κ2) is 11.6. The van der Waals surface area contributed by atoms with Crippen molar-refractivity contribution in [3.63, 3.8) is 0 Å². The van der Waals surface area contributed by atoms with Crippen LogP contribution in [0, 0.1) is 13.8 Å². The first-order valence-corrected chi connectivity index (χ1v) is 12.4. The number of hydrogen-bond acceptors (Lipinski definition) is 4. The smallest absolute Gasteiger partial charge is 0.416 e. The zero-order valence-corrected chi connectivity index (χ0v) is 21.1. The lowest BCUT2D eigenvalue weighted by Gasteiger charge is -2.20. The monoisotopic (exact) mass is 519 g/mol. The Morgan fingerprint density at radius 1 is 1.06 bits per heavy atom. The van der Waals surface area contributed by atoms with Crippen molar-refractivity contribution in [2.45, 2.75) is 52.3 Å². The van der Waals surface area contributed by atoms with Crippen molar-refractivity contribution in [2.75, 3.05) is 6.54 Å². The van der Waals surface area contributed by atoms with Crippen LogP contribution in [0.4, 0.5) is 13.2 Å². The molecule has 0 saturated heterocycles. The summed E-state index contributed by atoms with van der Waals surface area (Å²) in [7, 11) is 0. The van der Waals surface area contributed by atoms with Crippen LogP contribution in [0.25, 0.3) is 11.1 Å². The number of thiophene rings is 1. The molecule has 0 fully saturated rings. The van der Waals surface area contributed by atoms with Gasteiger partial charge in [0.1, 0.15) is 11.9 Å². The number of benzene rings is 2. The SMILES string of the molecule is CCCC(Oc1cc(C)c(-c2ccc(C(F)(F)F)cc2)c(C)c1)c1ccc(C(=O)NCCC(=O)O)s1. The molecule has 0 aliphatic heterocycles. The molecule has 0 bridgehead atoms. The number of aliphatic carboxylic acids is 1. The minimum absolute atomic E-state index is 0.0557. The summed E-state index contributed by atoms with van der Waals surface area (Å²) in [5.41, 5.74) is 2.63. The fourth-order valence-electron chi connectivity index (χ4n) is 3.98. The molecule has 0 aliphatic carbocycles. The maximum atomic E-state index is 12.9. The third-order valence-corrected chi connectivity index (χ3v) is 6.80. The number of amides is 1. The molecule has 2 N–H and O–H groups in total. The molecule has 1 atom stereocenters. The predicted molar refractivity (Wildman–Crippen MR) is 134 cm³/mol. The number of carboxylic acids is 1. The van der Waals surface area contributed by atoms with E-state index in [0.717, 1.165) is 46.5 Å². The van der Waals surface area contributed by atoms with Crippen LogP contribution in [0.1, 0.15) is 63.5 Å². The number of ether oxygens (including phenoxy) is 1. The van der Waals surface area contributed by atoms with Crippen LogP contribution in [0.2, 0.25) is 0 Å². The number of rotatable bonds is 10. The third kappa shape index (κ3) is 6.87. The van der Waals surface area contributed by atoms with Crippen LogP contribution >= 0.6 is 11.3 Å². The van der Waals surface area contributed by atoms with Gasteiger partial charge < -0.3 is 15.2 Å². The number of carbonyl (C=O) groups excluding carboxylic acids is 1. The van der Waals surface area contributed by atoms with Gasteiger partial charge >= 0.3 is 12.1 Å². The minimum Gasteiger partial charge on any atom is -0.485 e. The van der Waals surface area contributed by atoms with E-state index in [2.05, 4.69) is 5.32 Å². The van der Waals surface area contributed by atoms with Gasteiger partial charge in [-0.2, -0.15) is 13.2 Å². The molecule has 5 nitrogen and oxygen atoms in total. The summed E-state index contributed by atoms with van der Waals surface area (Å²) in [6.45, 7) is 5.88. The minimum atomic E-state index is -4.38. The van der Waals surface area contributed by atoms with Crippen molar-refractivity contribution in [1.82, 2.24) is 5.32 Å². The predicted octanol–water partition coefficient (Wildman–Crippen LogP) is 7.18. The average molecular weight is 520 g/mol. The van der Waals surface area contributed by atoms with Crippen LogP contribution in [0.3, 0.4) is 0 Å². The lowest BCUT2D eigenvalue weighted by molar-refractivity contribution is -0.138. The van der Waals surface area contributed by atoms with Gasteiger partial charge in [-0.3, -0.25) is 9.59 Å². The molecule has 0 aliphatic rings. The molecule has 192 valence electrons. The summed E-state index contributed by atoms with van der Waals surface area (Å²) < 4.78 is 45.1. The Bertz CT molecular complexity index is 1200. The first-order valence-electron chi connectivity index (χ1n) is 11.5. The first-order chi connectivity index (χ1) is 17.0. The van der Waals surface area contributed by atoms with Gasteiger partial charge in [0.15, 0.2) is 0 Å². The van der Waals surface area contributed by atoms with Crippen LogP contribution in [0.15, 0.2) is 48.5 Å². The van der Waals surface area contributed by atoms with Gasteiger partial charge in [-0.05, 0) is 78.9 Å². The molecule has 0 saturated carbocycles. The van der Waals surface area contributed by atoms with Crippen LogP contribution in [0.5, 0.6) is 5.75 Å². The van der Waals surface area contributed by atoms with Crippen LogP contribution in [-0.4, -0.2) is 23.5 Å². The topological polar surface area (TPSA) is 75.6 Å². The number of nitrogens with one attached hydrogen (secondary N) is 1. The highest BCUT2D eigenvalue weighted by molar-refractivity contribution is 7.14. The highest BCUT2D eigenvalue weighted by Gasteiger charge is 2.30. The van der Waals surface area contributed by atoms with Gasteiger partial charge in [0.25, 0.3) is 5.91 Å². The molecular formula is C27H28F3NO4S. The number of alkyl halides is 3. The maximum Gasteiger partial charge on any atom is 0.416 e. The van der Waals surface area contributed by atoms with E-state index in [1.807, 2.05) is 39.0 Å². The van der Waals surface area contributed by atoms with Crippen molar-refractivity contribution in [3.05, 3.63) is 75.0 Å². The summed E-state index contributed by atoms with van der Waals surface area (Å²) in [4.78, 5) is 24.3. The molecule has 3 aromatic rings. The Morgan fingerprint density at radius 3 is 2.25 bits per heavy atom. The zero-order chi connectivity index (χ0) is 26.5. The lowest BCUT2D eigenvalue weighted by atomic mass is 9.94. The Labute approximate surface area is 211 Å². The van der Waals surface area contributed by atoms with Gasteiger partial charge in [0.2, 0.25) is 0 Å². The van der Waals surface area contributed by atoms with Crippen molar-refractivity contribution in [3.8, 4) is 16.9 Å². The molecule has 1 aromatic heterocycles. The summed E-state index contributed by atoms with van der Waals surface area (Å²) in [5, 5.41) is 11.3. The normalized spacial score (nSPS) is 12.3. The Morgan fingerprint density at radius 2 is 1.69 bits per heavy atom. The summed E-state index contributed by atoms with van der Waals surface area (Å²) in [6, 6.07) is 12.4. The van der Waals surface area contributed by atoms with Gasteiger partial charge in [0.05, 0.1) is 16.9 Å². The van der Waals surface area contributed by atoms with Crippen molar-refractivity contribution >= 4 is 23.2 Å². The van der Waals surface area contributed by atoms with E-state index >= 15 is 0 Å². The first kappa shape index (κ1) is 27.3. The average Bonchev–Trinajstić information content (AvgIpc) is 3.28. The van der Waals surface area contributed by atoms with E-state index in [9.17, 15) is 22.8 Å². The van der Waals surface area contributed by atoms with E-state index in [0.29, 0.717) is 16.2 Å². The van der Waals surface area contributed by atoms with Gasteiger partial charge in [-0.25, -0.2) is 0 Å². The molecule has 9 heteroatoms. The molecule has 3 rings (SSSR count). The van der Waals surface area contributed by atoms with Gasteiger partial charge in [0, 0.05) is 11.4 Å². The largest absolute Gasteiger partial charge is 0.485 e. The molecule has 36 heavy (non-hydrogen) atoms. The lowest BCUT2D eigenvalue weighted by Crippen LogP contribution is -2.25. The highest BCUT2D eigenvalue weighted by atomic mass is 32.1. The number of carboxylic acid groups (broad SMARTS) is 1. The summed E-state index contributed by atoms with van der Waals surface area (Å²) in [5.74, 6) is -0.663. The molecule has 0 spiro atoms. The molecule has 2 aromatic carbocycles. The standard InChI is InChI=1S/C27H28F3NO4S/c1-4-5-21(22-10-11-23(36-22)26(34)31-13-12-24(32)33)35-20-14-16(2)25(17(3)15-20)18-6-8-19(9-7-18)27(28,29)30/h6-11,14-15,21H,4-5,12-13H2,1-3H3,(H,31,34)(H,32,33). The molecule has 1 unspecified atom stereocenters. The Balaban J connectivity index is 1.78. The summed E-state index contributed by atoms with van der Waals surface area (Å²) >= 11 is 1.30. The second-order valence-corrected chi connectivity index (χ2v) is 9.62. The fraction of sp³-hybridized carbons (Fsp3) is 0.333. The molecule has 0 radical (unpaired) electrons. The Kier molecular flexibility index (Phi) is 8.79.